The second-order valence-corrected chi connectivity index (χ2v) is 9.98. The summed E-state index contributed by atoms with van der Waals surface area (Å²) < 4.78 is 45.5. The number of nitrogens with one attached hydrogen (secondary N) is 1. The second-order valence-electron chi connectivity index (χ2n) is 9.98. The van der Waals surface area contributed by atoms with Gasteiger partial charge in [-0.2, -0.15) is 13.2 Å². The molecule has 0 bridgehead atoms. The third-order valence-electron chi connectivity index (χ3n) is 6.77. The van der Waals surface area contributed by atoms with Crippen LogP contribution < -0.4 is 10.1 Å². The first-order valence-electron chi connectivity index (χ1n) is 13.5. The van der Waals surface area contributed by atoms with E-state index < -0.39 is 17.7 Å². The van der Waals surface area contributed by atoms with Gasteiger partial charge in [0.1, 0.15) is 11.9 Å². The summed E-state index contributed by atoms with van der Waals surface area (Å²) in [5, 5.41) is 11.4. The predicted molar refractivity (Wildman–Crippen MR) is 150 cm³/mol. The fourth-order valence-electron chi connectivity index (χ4n) is 4.72. The zero-order chi connectivity index (χ0) is 29.3. The van der Waals surface area contributed by atoms with Crippen LogP contribution in [0.1, 0.15) is 84.2 Å². The van der Waals surface area contributed by atoms with E-state index in [1.54, 1.807) is 12.1 Å². The molecule has 3 rings (SSSR count). The average Bonchev–Trinajstić information content (AvgIpc) is 2.89. The van der Waals surface area contributed by atoms with Gasteiger partial charge in [0.05, 0.1) is 12.0 Å². The van der Waals surface area contributed by atoms with E-state index >= 15 is 0 Å². The summed E-state index contributed by atoms with van der Waals surface area (Å²) in [5.74, 6) is -0.642. The van der Waals surface area contributed by atoms with Crippen LogP contribution in [0.4, 0.5) is 13.2 Å². The van der Waals surface area contributed by atoms with Gasteiger partial charge < -0.3 is 15.2 Å². The normalized spacial score (nSPS) is 12.2. The van der Waals surface area contributed by atoms with E-state index in [-0.39, 0.29) is 25.0 Å². The van der Waals surface area contributed by atoms with E-state index in [2.05, 4.69) is 12.2 Å². The summed E-state index contributed by atoms with van der Waals surface area (Å²) in [6.45, 7) is 6.04. The summed E-state index contributed by atoms with van der Waals surface area (Å²) in [6.07, 6.45) is 0.286. The maximum atomic E-state index is 13.0. The van der Waals surface area contributed by atoms with Gasteiger partial charge in [0.15, 0.2) is 0 Å². The van der Waals surface area contributed by atoms with Crippen LogP contribution in [0.3, 0.4) is 0 Å². The van der Waals surface area contributed by atoms with Crippen molar-refractivity contribution >= 4 is 11.9 Å². The monoisotopic (exact) mass is 555 g/mol. The van der Waals surface area contributed by atoms with Crippen molar-refractivity contribution in [3.05, 3.63) is 88.5 Å². The molecule has 0 heterocycles. The van der Waals surface area contributed by atoms with E-state index in [1.807, 2.05) is 38.1 Å². The lowest BCUT2D eigenvalue weighted by Crippen LogP contribution is -2.26. The summed E-state index contributed by atoms with van der Waals surface area (Å²) in [6, 6.07) is 16.1. The predicted octanol–water partition coefficient (Wildman–Crippen LogP) is 8.28. The molecule has 0 spiro atoms. The molecular formula is C32H36F3NO4. The van der Waals surface area contributed by atoms with Gasteiger partial charge in [0, 0.05) is 12.1 Å². The number of carboxylic acids is 1. The second kappa shape index (κ2) is 14.0. The van der Waals surface area contributed by atoms with Gasteiger partial charge in [-0.25, -0.2) is 0 Å². The molecule has 0 aliphatic heterocycles. The van der Waals surface area contributed by atoms with Gasteiger partial charge in [-0.3, -0.25) is 9.59 Å². The number of hydrogen-bond acceptors (Lipinski definition) is 3. The van der Waals surface area contributed by atoms with E-state index in [0.717, 1.165) is 66.5 Å². The number of aliphatic carboxylic acids is 1. The van der Waals surface area contributed by atoms with Crippen LogP contribution >= 0.6 is 0 Å². The number of carboxylic acid groups (broad SMARTS) is 1. The molecule has 40 heavy (non-hydrogen) atoms. The fourth-order valence-corrected chi connectivity index (χ4v) is 4.72. The Kier molecular flexibility index (Phi) is 10.8. The van der Waals surface area contributed by atoms with Crippen molar-refractivity contribution in [1.82, 2.24) is 5.32 Å². The summed E-state index contributed by atoms with van der Waals surface area (Å²) >= 11 is 0. The number of halogens is 3. The quantitative estimate of drug-likeness (QED) is 0.208. The van der Waals surface area contributed by atoms with Crippen molar-refractivity contribution in [3.63, 3.8) is 0 Å². The van der Waals surface area contributed by atoms with E-state index in [1.165, 1.54) is 12.1 Å². The average molecular weight is 556 g/mol. The molecule has 1 amide bonds. The van der Waals surface area contributed by atoms with Crippen molar-refractivity contribution < 1.29 is 32.6 Å². The number of unbranched alkanes of at least 4 members (excludes halogenated alkanes) is 3. The SMILES string of the molecule is CCCCCCC(Oc1cc(C)c(-c2ccc(C(F)(F)F)cc2)c(C)c1)c1ccc(C(=O)NCCC(=O)O)cc1. The number of amides is 1. The summed E-state index contributed by atoms with van der Waals surface area (Å²) in [7, 11) is 0. The molecule has 0 aliphatic carbocycles. The molecule has 214 valence electrons. The fraction of sp³-hybridized carbons (Fsp3) is 0.375. The smallest absolute Gasteiger partial charge is 0.416 e. The molecule has 0 saturated carbocycles. The number of carbonyl (C=O) groups is 2. The number of rotatable bonds is 13. The number of hydrogen-bond donors (Lipinski definition) is 2. The molecule has 0 fully saturated rings. The van der Waals surface area contributed by atoms with E-state index in [9.17, 15) is 22.8 Å². The maximum absolute atomic E-state index is 13.0. The minimum atomic E-state index is -4.38. The maximum Gasteiger partial charge on any atom is 0.416 e. The van der Waals surface area contributed by atoms with Gasteiger partial charge >= 0.3 is 12.1 Å². The van der Waals surface area contributed by atoms with Crippen LogP contribution in [0.25, 0.3) is 11.1 Å². The van der Waals surface area contributed by atoms with Crippen LogP contribution in [-0.4, -0.2) is 23.5 Å². The third kappa shape index (κ3) is 8.60. The molecule has 8 heteroatoms. The Morgan fingerprint density at radius 2 is 1.55 bits per heavy atom. The van der Waals surface area contributed by atoms with Crippen LogP contribution in [-0.2, 0) is 11.0 Å². The number of benzene rings is 3. The Bertz CT molecular complexity index is 1260. The first-order chi connectivity index (χ1) is 19.0. The lowest BCUT2D eigenvalue weighted by atomic mass is 9.94. The highest BCUT2D eigenvalue weighted by Crippen LogP contribution is 2.36. The van der Waals surface area contributed by atoms with E-state index in [4.69, 9.17) is 9.84 Å². The number of aryl methyl sites for hydroxylation is 2. The zero-order valence-electron chi connectivity index (χ0n) is 23.1. The van der Waals surface area contributed by atoms with Gasteiger partial charge in [-0.15, -0.1) is 0 Å². The van der Waals surface area contributed by atoms with Crippen LogP contribution in [0, 0.1) is 13.8 Å². The summed E-state index contributed by atoms with van der Waals surface area (Å²) in [4.78, 5) is 23.0. The highest BCUT2D eigenvalue weighted by atomic mass is 19.4. The molecule has 0 radical (unpaired) electrons. The van der Waals surface area contributed by atoms with Crippen molar-refractivity contribution in [3.8, 4) is 16.9 Å². The number of ether oxygens (including phenoxy) is 1. The molecule has 1 unspecified atom stereocenters. The number of carbonyl (C=O) groups excluding carboxylic acids is 1. The first kappa shape index (κ1) is 30.7. The first-order valence-corrected chi connectivity index (χ1v) is 13.5. The molecule has 5 nitrogen and oxygen atoms in total. The van der Waals surface area contributed by atoms with E-state index in [0.29, 0.717) is 16.9 Å². The number of alkyl halides is 3. The molecule has 3 aromatic carbocycles. The minimum Gasteiger partial charge on any atom is -0.486 e. The third-order valence-corrected chi connectivity index (χ3v) is 6.77. The Labute approximate surface area is 233 Å². The molecule has 0 saturated heterocycles. The molecule has 0 aromatic heterocycles. The van der Waals surface area contributed by atoms with Crippen molar-refractivity contribution in [2.45, 2.75) is 71.6 Å². The van der Waals surface area contributed by atoms with Gasteiger partial charge in [-0.05, 0) is 90.9 Å². The van der Waals surface area contributed by atoms with Crippen LogP contribution in [0.5, 0.6) is 5.75 Å². The molecular weight excluding hydrogens is 519 g/mol. The topological polar surface area (TPSA) is 75.6 Å². The lowest BCUT2D eigenvalue weighted by Gasteiger charge is -2.22. The molecule has 1 atom stereocenters. The standard InChI is InChI=1S/C32H36F3NO4/c1-4-5-6-7-8-28(23-9-11-25(12-10-23)31(39)36-18-17-29(37)38)40-27-19-21(2)30(22(3)20-27)24-13-15-26(16-14-24)32(33,34)35/h9-16,19-20,28H,4-8,17-18H2,1-3H3,(H,36,39)(H,37,38). The van der Waals surface area contributed by atoms with Crippen LogP contribution in [0.2, 0.25) is 0 Å². The van der Waals surface area contributed by atoms with Gasteiger partial charge in [-0.1, -0.05) is 50.5 Å². The van der Waals surface area contributed by atoms with Crippen molar-refractivity contribution in [1.29, 1.82) is 0 Å². The van der Waals surface area contributed by atoms with Crippen molar-refractivity contribution in [2.24, 2.45) is 0 Å². The van der Waals surface area contributed by atoms with Crippen molar-refractivity contribution in [2.75, 3.05) is 6.54 Å². The summed E-state index contributed by atoms with van der Waals surface area (Å²) in [5.41, 5.74) is 4.05. The molecule has 2 N–H and O–H groups in total. The Balaban J connectivity index is 1.80. The minimum absolute atomic E-state index is 0.0558. The Morgan fingerprint density at radius 3 is 2.10 bits per heavy atom. The largest absolute Gasteiger partial charge is 0.486 e. The lowest BCUT2D eigenvalue weighted by molar-refractivity contribution is -0.138. The highest BCUT2D eigenvalue weighted by molar-refractivity contribution is 5.94. The van der Waals surface area contributed by atoms with Gasteiger partial charge in [0.25, 0.3) is 5.91 Å². The Morgan fingerprint density at radius 1 is 0.925 bits per heavy atom. The Hall–Kier alpha value is -3.81. The highest BCUT2D eigenvalue weighted by Gasteiger charge is 2.30. The molecule has 0 aliphatic rings. The molecule has 3 aromatic rings. The van der Waals surface area contributed by atoms with Crippen LogP contribution in [0.15, 0.2) is 60.7 Å². The van der Waals surface area contributed by atoms with Gasteiger partial charge in [0.2, 0.25) is 0 Å². The zero-order valence-corrected chi connectivity index (χ0v) is 23.1.